The lowest BCUT2D eigenvalue weighted by atomic mass is 9.98. The average Bonchev–Trinajstić information content (AvgIpc) is 3.25. The quantitative estimate of drug-likeness (QED) is 0.546. The molecule has 1 aromatic carbocycles. The minimum Gasteiger partial charge on any atom is -0.497 e. The highest BCUT2D eigenvalue weighted by atomic mass is 19.1. The van der Waals surface area contributed by atoms with Crippen LogP contribution in [0.25, 0.3) is 5.69 Å². The lowest BCUT2D eigenvalue weighted by Gasteiger charge is -2.31. The zero-order chi connectivity index (χ0) is 22.5. The number of nitrogens with zero attached hydrogens (tertiary/aromatic N) is 7. The van der Waals surface area contributed by atoms with Crippen molar-refractivity contribution in [2.45, 2.75) is 26.7 Å². The highest BCUT2D eigenvalue weighted by molar-refractivity contribution is 5.61. The number of aryl methyl sites for hydroxylation is 1. The maximum absolute atomic E-state index is 14.3. The predicted molar refractivity (Wildman–Crippen MR) is 119 cm³/mol. The number of aromatic nitrogens is 6. The molecule has 11 heteroatoms. The van der Waals surface area contributed by atoms with Crippen molar-refractivity contribution >= 4 is 17.5 Å². The van der Waals surface area contributed by atoms with E-state index in [4.69, 9.17) is 4.74 Å². The third-order valence-electron chi connectivity index (χ3n) is 5.61. The van der Waals surface area contributed by atoms with Gasteiger partial charge in [0.25, 0.3) is 0 Å². The molecule has 2 aromatic heterocycles. The second-order valence-corrected chi connectivity index (χ2v) is 7.86. The fourth-order valence-corrected chi connectivity index (χ4v) is 3.89. The Morgan fingerprint density at radius 2 is 2.16 bits per heavy atom. The molecular weight excluding hydrogens is 413 g/mol. The molecule has 0 unspecified atom stereocenters. The van der Waals surface area contributed by atoms with Gasteiger partial charge < -0.3 is 20.3 Å². The van der Waals surface area contributed by atoms with Crippen LogP contribution in [0.3, 0.4) is 0 Å². The Morgan fingerprint density at radius 3 is 2.91 bits per heavy atom. The van der Waals surface area contributed by atoms with Gasteiger partial charge in [-0.2, -0.15) is 9.67 Å². The van der Waals surface area contributed by atoms with Crippen LogP contribution in [0.4, 0.5) is 21.8 Å². The van der Waals surface area contributed by atoms with Crippen molar-refractivity contribution in [2.75, 3.05) is 43.9 Å². The number of anilines is 3. The molecule has 3 heterocycles. The first-order valence-corrected chi connectivity index (χ1v) is 10.8. The molecule has 0 radical (unpaired) electrons. The Hall–Kier alpha value is -3.34. The lowest BCUT2D eigenvalue weighted by Crippen LogP contribution is -2.37. The van der Waals surface area contributed by atoms with Crippen molar-refractivity contribution in [1.29, 1.82) is 0 Å². The molecular formula is C21H28FN9O. The lowest BCUT2D eigenvalue weighted by molar-refractivity contribution is 0.189. The van der Waals surface area contributed by atoms with E-state index in [2.05, 4.69) is 48.0 Å². The normalized spacial score (nSPS) is 16.7. The molecule has 1 atom stereocenters. The van der Waals surface area contributed by atoms with Crippen LogP contribution in [0.15, 0.2) is 24.4 Å². The number of benzene rings is 1. The number of halogens is 1. The Labute approximate surface area is 186 Å². The highest BCUT2D eigenvalue weighted by Crippen LogP contribution is 2.26. The molecule has 1 saturated heterocycles. The number of piperidine rings is 1. The van der Waals surface area contributed by atoms with E-state index in [1.807, 2.05) is 12.1 Å². The molecule has 1 aliphatic rings. The van der Waals surface area contributed by atoms with E-state index in [1.54, 1.807) is 24.8 Å². The number of hydrogen-bond donors (Lipinski definition) is 2. The minimum absolute atomic E-state index is 0.190. The standard InChI is InChI=1S/C21H28FN9O/c1-4-30-7-5-6-15(13-30)11-23-20-19(22)12-24-21(26-20)25-16-8-17(10-18(9-16)32-3)31-14(2)27-28-29-31/h8-10,12,15H,4-7,11,13H2,1-3H3,(H2,23,24,25,26)/t15-/m0/s1. The molecule has 0 amide bonds. The van der Waals surface area contributed by atoms with Gasteiger partial charge in [-0.1, -0.05) is 6.92 Å². The summed E-state index contributed by atoms with van der Waals surface area (Å²) >= 11 is 0. The molecule has 0 aliphatic carbocycles. The minimum atomic E-state index is -0.477. The molecule has 170 valence electrons. The molecule has 3 aromatic rings. The van der Waals surface area contributed by atoms with Crippen molar-refractivity contribution in [3.63, 3.8) is 0 Å². The van der Waals surface area contributed by atoms with Crippen molar-refractivity contribution in [2.24, 2.45) is 5.92 Å². The number of ether oxygens (including phenoxy) is 1. The fraction of sp³-hybridized carbons (Fsp3) is 0.476. The van der Waals surface area contributed by atoms with Crippen molar-refractivity contribution < 1.29 is 9.13 Å². The van der Waals surface area contributed by atoms with Crippen LogP contribution in [0.1, 0.15) is 25.6 Å². The predicted octanol–water partition coefficient (Wildman–Crippen LogP) is 2.80. The van der Waals surface area contributed by atoms with Crippen LogP contribution in [0.5, 0.6) is 5.75 Å². The van der Waals surface area contributed by atoms with Crippen molar-refractivity contribution in [3.8, 4) is 11.4 Å². The van der Waals surface area contributed by atoms with Gasteiger partial charge in [0, 0.05) is 30.9 Å². The van der Waals surface area contributed by atoms with Crippen LogP contribution in [0, 0.1) is 18.7 Å². The first-order valence-electron chi connectivity index (χ1n) is 10.8. The number of tetrazole rings is 1. The summed E-state index contributed by atoms with van der Waals surface area (Å²) in [5, 5.41) is 17.9. The van der Waals surface area contributed by atoms with E-state index >= 15 is 0 Å². The second kappa shape index (κ2) is 9.86. The van der Waals surface area contributed by atoms with Crippen LogP contribution in [-0.4, -0.2) is 68.4 Å². The molecule has 4 rings (SSSR count). The van der Waals surface area contributed by atoms with Crippen molar-refractivity contribution in [1.82, 2.24) is 35.1 Å². The molecule has 1 aliphatic heterocycles. The Balaban J connectivity index is 1.49. The molecule has 2 N–H and O–H groups in total. The Bertz CT molecular complexity index is 1060. The first-order chi connectivity index (χ1) is 15.6. The van der Waals surface area contributed by atoms with Crippen LogP contribution < -0.4 is 15.4 Å². The van der Waals surface area contributed by atoms with Crippen LogP contribution in [-0.2, 0) is 0 Å². The summed E-state index contributed by atoms with van der Waals surface area (Å²) in [7, 11) is 1.58. The van der Waals surface area contributed by atoms with E-state index in [9.17, 15) is 4.39 Å². The van der Waals surface area contributed by atoms with Gasteiger partial charge in [-0.15, -0.1) is 5.10 Å². The average molecular weight is 442 g/mol. The third-order valence-corrected chi connectivity index (χ3v) is 5.61. The van der Waals surface area contributed by atoms with Gasteiger partial charge in [0.15, 0.2) is 17.5 Å². The summed E-state index contributed by atoms with van der Waals surface area (Å²) < 4.78 is 21.3. The first kappa shape index (κ1) is 21.9. The summed E-state index contributed by atoms with van der Waals surface area (Å²) in [6, 6.07) is 5.45. The summed E-state index contributed by atoms with van der Waals surface area (Å²) in [5.41, 5.74) is 1.38. The van der Waals surface area contributed by atoms with Gasteiger partial charge in [-0.3, -0.25) is 0 Å². The number of rotatable bonds is 8. The van der Waals surface area contributed by atoms with Gasteiger partial charge in [-0.25, -0.2) is 9.37 Å². The Kier molecular flexibility index (Phi) is 6.74. The number of nitrogens with one attached hydrogen (secondary N) is 2. The molecule has 10 nitrogen and oxygen atoms in total. The monoisotopic (exact) mass is 441 g/mol. The Morgan fingerprint density at radius 1 is 1.28 bits per heavy atom. The number of likely N-dealkylation sites (tertiary alicyclic amines) is 1. The number of hydrogen-bond acceptors (Lipinski definition) is 9. The van der Waals surface area contributed by atoms with E-state index in [0.29, 0.717) is 35.4 Å². The van der Waals surface area contributed by atoms with Crippen LogP contribution in [0.2, 0.25) is 0 Å². The zero-order valence-electron chi connectivity index (χ0n) is 18.5. The van der Waals surface area contributed by atoms with E-state index in [0.717, 1.165) is 32.5 Å². The van der Waals surface area contributed by atoms with Gasteiger partial charge in [-0.05, 0) is 55.3 Å². The molecule has 0 bridgehead atoms. The SMILES string of the molecule is CCN1CCC[C@@H](CNc2nc(Nc3cc(OC)cc(-n4nnnc4C)c3)ncc2F)C1. The molecule has 0 spiro atoms. The molecule has 32 heavy (non-hydrogen) atoms. The van der Waals surface area contributed by atoms with Gasteiger partial charge in [0.05, 0.1) is 19.0 Å². The van der Waals surface area contributed by atoms with Crippen molar-refractivity contribution in [3.05, 3.63) is 36.0 Å². The maximum Gasteiger partial charge on any atom is 0.229 e. The fourth-order valence-electron chi connectivity index (χ4n) is 3.89. The summed E-state index contributed by atoms with van der Waals surface area (Å²) in [4.78, 5) is 10.9. The highest BCUT2D eigenvalue weighted by Gasteiger charge is 2.19. The zero-order valence-corrected chi connectivity index (χ0v) is 18.5. The molecule has 1 fully saturated rings. The maximum atomic E-state index is 14.3. The van der Waals surface area contributed by atoms with E-state index in [1.165, 1.54) is 6.20 Å². The smallest absolute Gasteiger partial charge is 0.229 e. The van der Waals surface area contributed by atoms with Crippen LogP contribution >= 0.6 is 0 Å². The summed E-state index contributed by atoms with van der Waals surface area (Å²) in [5.74, 6) is 1.71. The summed E-state index contributed by atoms with van der Waals surface area (Å²) in [6.45, 7) is 7.84. The van der Waals surface area contributed by atoms with E-state index in [-0.39, 0.29) is 11.8 Å². The topological polar surface area (TPSA) is 106 Å². The number of methoxy groups -OCH3 is 1. The summed E-state index contributed by atoms with van der Waals surface area (Å²) in [6.07, 6.45) is 3.46. The second-order valence-electron chi connectivity index (χ2n) is 7.86. The molecule has 0 saturated carbocycles. The third kappa shape index (κ3) is 5.10. The largest absolute Gasteiger partial charge is 0.497 e. The van der Waals surface area contributed by atoms with Gasteiger partial charge in [0.2, 0.25) is 5.95 Å². The van der Waals surface area contributed by atoms with Gasteiger partial charge >= 0.3 is 0 Å². The van der Waals surface area contributed by atoms with E-state index < -0.39 is 5.82 Å². The van der Waals surface area contributed by atoms with Gasteiger partial charge in [0.1, 0.15) is 5.75 Å².